The van der Waals surface area contributed by atoms with Gasteiger partial charge in [-0.3, -0.25) is 4.79 Å². The Morgan fingerprint density at radius 2 is 2.05 bits per heavy atom. The fraction of sp³-hybridized carbons (Fsp3) is 0.533. The van der Waals surface area contributed by atoms with Crippen molar-refractivity contribution >= 4 is 5.97 Å². The molecule has 0 saturated carbocycles. The summed E-state index contributed by atoms with van der Waals surface area (Å²) < 4.78 is 19.0. The first kappa shape index (κ1) is 15.5. The molecule has 0 aliphatic heterocycles. The van der Waals surface area contributed by atoms with E-state index in [9.17, 15) is 9.18 Å². The van der Waals surface area contributed by atoms with Crippen molar-refractivity contribution in [1.82, 2.24) is 0 Å². The molecule has 0 unspecified atom stereocenters. The molecule has 1 aromatic rings. The molecule has 0 spiro atoms. The summed E-state index contributed by atoms with van der Waals surface area (Å²) in [4.78, 5) is 10.9. The highest BCUT2D eigenvalue weighted by molar-refractivity contribution is 5.73. The highest BCUT2D eigenvalue weighted by atomic mass is 19.1. The number of ether oxygens (including phenoxy) is 1. The molecule has 0 heterocycles. The van der Waals surface area contributed by atoms with Crippen molar-refractivity contribution in [2.45, 2.75) is 40.0 Å². The van der Waals surface area contributed by atoms with Crippen molar-refractivity contribution in [3.63, 3.8) is 0 Å². The van der Waals surface area contributed by atoms with E-state index >= 15 is 0 Å². The summed E-state index contributed by atoms with van der Waals surface area (Å²) >= 11 is 0. The van der Waals surface area contributed by atoms with Crippen LogP contribution in [0.2, 0.25) is 0 Å². The second kappa shape index (κ2) is 6.55. The maximum absolute atomic E-state index is 13.6. The number of aliphatic carboxylic acids is 1. The topological polar surface area (TPSA) is 46.5 Å². The van der Waals surface area contributed by atoms with E-state index in [2.05, 4.69) is 0 Å². The Bertz CT molecular complexity index is 441. The van der Waals surface area contributed by atoms with Crippen LogP contribution in [0.1, 0.15) is 38.7 Å². The van der Waals surface area contributed by atoms with E-state index in [1.165, 1.54) is 0 Å². The van der Waals surface area contributed by atoms with Gasteiger partial charge in [0.25, 0.3) is 0 Å². The van der Waals surface area contributed by atoms with Gasteiger partial charge in [-0.25, -0.2) is 4.39 Å². The van der Waals surface area contributed by atoms with Crippen LogP contribution in [-0.2, 0) is 4.79 Å². The lowest BCUT2D eigenvalue weighted by Crippen LogP contribution is -2.23. The summed E-state index contributed by atoms with van der Waals surface area (Å²) in [6, 6.07) is 5.04. The number of rotatable bonds is 7. The number of carboxylic acid groups (broad SMARTS) is 1. The molecule has 0 bridgehead atoms. The van der Waals surface area contributed by atoms with Gasteiger partial charge in [0.05, 0.1) is 12.0 Å². The molecule has 4 heteroatoms. The minimum atomic E-state index is -0.793. The summed E-state index contributed by atoms with van der Waals surface area (Å²) in [5, 5.41) is 8.96. The van der Waals surface area contributed by atoms with E-state index in [1.54, 1.807) is 39.0 Å². The third-order valence-corrected chi connectivity index (χ3v) is 3.19. The van der Waals surface area contributed by atoms with Crippen molar-refractivity contribution in [2.75, 3.05) is 6.61 Å². The molecule has 0 aliphatic rings. The quantitative estimate of drug-likeness (QED) is 0.765. The van der Waals surface area contributed by atoms with E-state index in [0.717, 1.165) is 6.42 Å². The van der Waals surface area contributed by atoms with Crippen LogP contribution in [0.3, 0.4) is 0 Å². The van der Waals surface area contributed by atoms with Gasteiger partial charge in [0, 0.05) is 0 Å². The maximum Gasteiger partial charge on any atom is 0.309 e. The predicted molar refractivity (Wildman–Crippen MR) is 71.9 cm³/mol. The smallest absolute Gasteiger partial charge is 0.309 e. The second-order valence-electron chi connectivity index (χ2n) is 5.38. The zero-order valence-corrected chi connectivity index (χ0v) is 11.7. The number of benzene rings is 1. The van der Waals surface area contributed by atoms with Gasteiger partial charge in [-0.1, -0.05) is 12.1 Å². The Balaban J connectivity index is 2.32. The van der Waals surface area contributed by atoms with Crippen LogP contribution in [0.4, 0.5) is 4.39 Å². The van der Waals surface area contributed by atoms with Crippen molar-refractivity contribution in [3.8, 4) is 5.75 Å². The number of hydrogen-bond acceptors (Lipinski definition) is 2. The molecule has 1 N–H and O–H groups in total. The van der Waals surface area contributed by atoms with E-state index in [4.69, 9.17) is 9.84 Å². The van der Waals surface area contributed by atoms with Crippen LogP contribution in [-0.4, -0.2) is 17.7 Å². The highest BCUT2D eigenvalue weighted by Gasteiger charge is 2.25. The monoisotopic (exact) mass is 268 g/mol. The van der Waals surface area contributed by atoms with Crippen LogP contribution >= 0.6 is 0 Å². The molecule has 19 heavy (non-hydrogen) atoms. The van der Waals surface area contributed by atoms with E-state index in [0.29, 0.717) is 25.0 Å². The summed E-state index contributed by atoms with van der Waals surface area (Å²) in [6.45, 7) is 5.50. The van der Waals surface area contributed by atoms with Gasteiger partial charge >= 0.3 is 5.97 Å². The van der Waals surface area contributed by atoms with Gasteiger partial charge < -0.3 is 9.84 Å². The zero-order valence-electron chi connectivity index (χ0n) is 11.7. The van der Waals surface area contributed by atoms with Crippen LogP contribution in [0.5, 0.6) is 5.75 Å². The van der Waals surface area contributed by atoms with Gasteiger partial charge in [0.1, 0.15) is 0 Å². The molecule has 0 amide bonds. The predicted octanol–water partition coefficient (Wildman–Crippen LogP) is 3.79. The van der Waals surface area contributed by atoms with Crippen LogP contribution < -0.4 is 4.74 Å². The lowest BCUT2D eigenvalue weighted by atomic mass is 9.87. The van der Waals surface area contributed by atoms with Gasteiger partial charge in [-0.15, -0.1) is 0 Å². The first-order chi connectivity index (χ1) is 8.84. The number of carboxylic acids is 1. The van der Waals surface area contributed by atoms with E-state index in [-0.39, 0.29) is 11.6 Å². The molecular weight excluding hydrogens is 247 g/mol. The average Bonchev–Trinajstić information content (AvgIpc) is 2.33. The Labute approximate surface area is 113 Å². The maximum atomic E-state index is 13.6. The summed E-state index contributed by atoms with van der Waals surface area (Å²) in [7, 11) is 0. The normalized spacial score (nSPS) is 11.4. The Kier molecular flexibility index (Phi) is 5.33. The van der Waals surface area contributed by atoms with Gasteiger partial charge in [0.15, 0.2) is 11.6 Å². The molecule has 0 fully saturated rings. The summed E-state index contributed by atoms with van der Waals surface area (Å²) in [5.74, 6) is -0.857. The fourth-order valence-electron chi connectivity index (χ4n) is 1.69. The van der Waals surface area contributed by atoms with Gasteiger partial charge in [-0.2, -0.15) is 0 Å². The SMILES string of the molecule is Cc1cccc(OCCCCC(C)(C)C(=O)O)c1F. The first-order valence-electron chi connectivity index (χ1n) is 6.46. The van der Waals surface area contributed by atoms with Crippen molar-refractivity contribution in [2.24, 2.45) is 5.41 Å². The number of aryl methyl sites for hydroxylation is 1. The van der Waals surface area contributed by atoms with Gasteiger partial charge in [0.2, 0.25) is 0 Å². The van der Waals surface area contributed by atoms with Crippen molar-refractivity contribution < 1.29 is 19.0 Å². The zero-order chi connectivity index (χ0) is 14.5. The van der Waals surface area contributed by atoms with Crippen molar-refractivity contribution in [1.29, 1.82) is 0 Å². The minimum absolute atomic E-state index is 0.262. The molecule has 0 aliphatic carbocycles. The second-order valence-corrected chi connectivity index (χ2v) is 5.38. The Hall–Kier alpha value is -1.58. The molecular formula is C15H21FO3. The molecule has 0 radical (unpaired) electrons. The highest BCUT2D eigenvalue weighted by Crippen LogP contribution is 2.24. The molecule has 0 atom stereocenters. The van der Waals surface area contributed by atoms with Gasteiger partial charge in [-0.05, 0) is 51.7 Å². The lowest BCUT2D eigenvalue weighted by Gasteiger charge is -2.18. The number of carbonyl (C=O) groups is 1. The van der Waals surface area contributed by atoms with E-state index in [1.807, 2.05) is 0 Å². The van der Waals surface area contributed by atoms with E-state index < -0.39 is 11.4 Å². The molecule has 106 valence electrons. The minimum Gasteiger partial charge on any atom is -0.491 e. The largest absolute Gasteiger partial charge is 0.491 e. The van der Waals surface area contributed by atoms with Crippen LogP contribution in [0.15, 0.2) is 18.2 Å². The fourth-order valence-corrected chi connectivity index (χ4v) is 1.69. The first-order valence-corrected chi connectivity index (χ1v) is 6.46. The number of hydrogen-bond donors (Lipinski definition) is 1. The molecule has 1 aromatic carbocycles. The molecule has 1 rings (SSSR count). The number of halogens is 1. The van der Waals surface area contributed by atoms with Crippen LogP contribution in [0.25, 0.3) is 0 Å². The summed E-state index contributed by atoms with van der Waals surface area (Å²) in [6.07, 6.45) is 2.04. The third kappa shape index (κ3) is 4.54. The lowest BCUT2D eigenvalue weighted by molar-refractivity contribution is -0.147. The standard InChI is InChI=1S/C15H21FO3/c1-11-7-6-8-12(13(11)16)19-10-5-4-9-15(2,3)14(17)18/h6-8H,4-5,9-10H2,1-3H3,(H,17,18). The van der Waals surface area contributed by atoms with Crippen LogP contribution in [0, 0.1) is 18.2 Å². The number of unbranched alkanes of at least 4 members (excludes halogenated alkanes) is 1. The van der Waals surface area contributed by atoms with Crippen molar-refractivity contribution in [3.05, 3.63) is 29.6 Å². The molecule has 3 nitrogen and oxygen atoms in total. The molecule has 0 aromatic heterocycles. The summed E-state index contributed by atoms with van der Waals surface area (Å²) in [5.41, 5.74) is -0.154. The Morgan fingerprint density at radius 1 is 1.37 bits per heavy atom. The average molecular weight is 268 g/mol. The Morgan fingerprint density at radius 3 is 2.68 bits per heavy atom. The molecule has 0 saturated heterocycles. The third-order valence-electron chi connectivity index (χ3n) is 3.19.